The molecule has 5 heteroatoms. The molecule has 1 rings (SSSR count). The Morgan fingerprint density at radius 2 is 2.33 bits per heavy atom. The first-order chi connectivity index (χ1) is 5.42. The van der Waals surface area contributed by atoms with Gasteiger partial charge in [-0.15, -0.1) is 0 Å². The highest BCUT2D eigenvalue weighted by molar-refractivity contribution is 5.80. The molecule has 12 heavy (non-hydrogen) atoms. The minimum atomic E-state index is -0.599. The predicted octanol–water partition coefficient (Wildman–Crippen LogP) is -1.09. The fraction of sp³-hybridized carbons (Fsp3) is 0.857. The zero-order chi connectivity index (χ0) is 9.35. The number of hydrogen-bond donors (Lipinski definition) is 3. The second kappa shape index (κ2) is 3.01. The molecule has 1 saturated heterocycles. The molecule has 0 saturated carbocycles. The van der Waals surface area contributed by atoms with E-state index in [1.54, 1.807) is 0 Å². The number of nitrogens with two attached hydrogens (primary N) is 1. The molecule has 5 nitrogen and oxygen atoms in total. The van der Waals surface area contributed by atoms with Gasteiger partial charge in [0.1, 0.15) is 6.04 Å². The van der Waals surface area contributed by atoms with Crippen LogP contribution in [-0.2, 0) is 4.79 Å². The number of piperazine rings is 1. The van der Waals surface area contributed by atoms with Crippen LogP contribution in [0.5, 0.6) is 0 Å². The van der Waals surface area contributed by atoms with Gasteiger partial charge in [-0.3, -0.25) is 4.79 Å². The Kier molecular flexibility index (Phi) is 2.36. The monoisotopic (exact) mass is 173 g/mol. The molecule has 1 fully saturated rings. The lowest BCUT2D eigenvalue weighted by Gasteiger charge is -2.39. The fourth-order valence-corrected chi connectivity index (χ4v) is 1.30. The molecule has 0 aromatic rings. The summed E-state index contributed by atoms with van der Waals surface area (Å²) in [5.74, 6) is -0.500. The standard InChI is InChI=1S/C7H15N3O2/c1-7(2)4-10(12)5(3-9-7)6(8)11/h5,9,12H,3-4H2,1-2H3,(H2,8,11)/t5-/m0/s1. The molecule has 1 atom stereocenters. The van der Waals surface area contributed by atoms with E-state index in [4.69, 9.17) is 5.73 Å². The van der Waals surface area contributed by atoms with Crippen LogP contribution < -0.4 is 11.1 Å². The summed E-state index contributed by atoms with van der Waals surface area (Å²) in [6.07, 6.45) is 0. The van der Waals surface area contributed by atoms with E-state index in [1.165, 1.54) is 0 Å². The summed E-state index contributed by atoms with van der Waals surface area (Å²) in [5, 5.41) is 13.5. The number of carbonyl (C=O) groups excluding carboxylic acids is 1. The third kappa shape index (κ3) is 1.94. The number of amides is 1. The number of hydrogen-bond acceptors (Lipinski definition) is 4. The highest BCUT2D eigenvalue weighted by Gasteiger charge is 2.34. The van der Waals surface area contributed by atoms with Gasteiger partial charge < -0.3 is 16.3 Å². The average Bonchev–Trinajstić information content (AvgIpc) is 1.83. The summed E-state index contributed by atoms with van der Waals surface area (Å²) in [6, 6.07) is -0.599. The highest BCUT2D eigenvalue weighted by Crippen LogP contribution is 2.12. The van der Waals surface area contributed by atoms with E-state index in [-0.39, 0.29) is 5.54 Å². The van der Waals surface area contributed by atoms with Crippen molar-refractivity contribution in [3.05, 3.63) is 0 Å². The van der Waals surface area contributed by atoms with Gasteiger partial charge in [0, 0.05) is 18.6 Å². The molecule has 0 unspecified atom stereocenters. The minimum absolute atomic E-state index is 0.166. The van der Waals surface area contributed by atoms with Crippen LogP contribution in [0.1, 0.15) is 13.8 Å². The SMILES string of the molecule is CC1(C)CN(O)[C@H](C(N)=O)CN1. The van der Waals surface area contributed by atoms with Crippen LogP contribution >= 0.6 is 0 Å². The van der Waals surface area contributed by atoms with Crippen LogP contribution in [0.3, 0.4) is 0 Å². The largest absolute Gasteiger partial charge is 0.368 e. The van der Waals surface area contributed by atoms with Crippen LogP contribution in [0.25, 0.3) is 0 Å². The third-order valence-corrected chi connectivity index (χ3v) is 2.02. The Labute approximate surface area is 71.5 Å². The molecule has 0 aromatic heterocycles. The summed E-state index contributed by atoms with van der Waals surface area (Å²) in [7, 11) is 0. The Bertz CT molecular complexity index is 193. The molecule has 0 radical (unpaired) electrons. The van der Waals surface area contributed by atoms with Crippen molar-refractivity contribution in [2.24, 2.45) is 5.73 Å². The van der Waals surface area contributed by atoms with E-state index in [2.05, 4.69) is 5.32 Å². The number of primary amides is 1. The van der Waals surface area contributed by atoms with Crippen molar-refractivity contribution in [1.29, 1.82) is 0 Å². The predicted molar refractivity (Wildman–Crippen MR) is 43.6 cm³/mol. The molecule has 0 spiro atoms. The van der Waals surface area contributed by atoms with Crippen molar-refractivity contribution in [1.82, 2.24) is 10.4 Å². The van der Waals surface area contributed by atoms with E-state index < -0.39 is 11.9 Å². The summed E-state index contributed by atoms with van der Waals surface area (Å²) in [6.45, 7) is 4.71. The number of rotatable bonds is 1. The van der Waals surface area contributed by atoms with Crippen LogP contribution in [0, 0.1) is 0 Å². The van der Waals surface area contributed by atoms with Gasteiger partial charge in [-0.25, -0.2) is 0 Å². The van der Waals surface area contributed by atoms with Gasteiger partial charge >= 0.3 is 0 Å². The molecule has 0 aromatic carbocycles. The molecule has 1 heterocycles. The first-order valence-electron chi connectivity index (χ1n) is 3.92. The topological polar surface area (TPSA) is 78.6 Å². The molecular weight excluding hydrogens is 158 g/mol. The number of carbonyl (C=O) groups is 1. The van der Waals surface area contributed by atoms with Gasteiger partial charge in [-0.2, -0.15) is 5.06 Å². The summed E-state index contributed by atoms with van der Waals surface area (Å²) < 4.78 is 0. The van der Waals surface area contributed by atoms with Gasteiger partial charge in [0.15, 0.2) is 0 Å². The Morgan fingerprint density at radius 3 is 2.75 bits per heavy atom. The van der Waals surface area contributed by atoms with Crippen molar-refractivity contribution in [2.75, 3.05) is 13.1 Å². The van der Waals surface area contributed by atoms with Gasteiger partial charge in [-0.05, 0) is 13.8 Å². The number of hydroxylamine groups is 2. The Morgan fingerprint density at radius 1 is 1.75 bits per heavy atom. The average molecular weight is 173 g/mol. The van der Waals surface area contributed by atoms with Crippen LogP contribution in [0.15, 0.2) is 0 Å². The van der Waals surface area contributed by atoms with E-state index >= 15 is 0 Å². The maximum Gasteiger partial charge on any atom is 0.238 e. The first kappa shape index (κ1) is 9.44. The van der Waals surface area contributed by atoms with Gasteiger partial charge in [0.2, 0.25) is 5.91 Å². The van der Waals surface area contributed by atoms with Crippen molar-refractivity contribution < 1.29 is 10.0 Å². The molecule has 4 N–H and O–H groups in total. The van der Waals surface area contributed by atoms with E-state index in [1.807, 2.05) is 13.8 Å². The summed E-state index contributed by atoms with van der Waals surface area (Å²) in [4.78, 5) is 10.8. The van der Waals surface area contributed by atoms with E-state index in [0.717, 1.165) is 5.06 Å². The molecule has 1 amide bonds. The van der Waals surface area contributed by atoms with Crippen molar-refractivity contribution >= 4 is 5.91 Å². The van der Waals surface area contributed by atoms with Gasteiger partial charge in [0.05, 0.1) is 0 Å². The van der Waals surface area contributed by atoms with Crippen LogP contribution in [0.4, 0.5) is 0 Å². The van der Waals surface area contributed by atoms with Crippen molar-refractivity contribution in [2.45, 2.75) is 25.4 Å². The lowest BCUT2D eigenvalue weighted by atomic mass is 10.0. The van der Waals surface area contributed by atoms with Gasteiger partial charge in [0.25, 0.3) is 0 Å². The molecule has 70 valence electrons. The van der Waals surface area contributed by atoms with Crippen LogP contribution in [-0.4, -0.2) is 40.8 Å². The highest BCUT2D eigenvalue weighted by atomic mass is 16.5. The van der Waals surface area contributed by atoms with Gasteiger partial charge in [-0.1, -0.05) is 0 Å². The van der Waals surface area contributed by atoms with Crippen LogP contribution in [0.2, 0.25) is 0 Å². The smallest absolute Gasteiger partial charge is 0.238 e. The second-order valence-electron chi connectivity index (χ2n) is 3.78. The van der Waals surface area contributed by atoms with Crippen molar-refractivity contribution in [3.8, 4) is 0 Å². The maximum atomic E-state index is 10.8. The normalized spacial score (nSPS) is 30.1. The third-order valence-electron chi connectivity index (χ3n) is 2.02. The van der Waals surface area contributed by atoms with Crippen molar-refractivity contribution in [3.63, 3.8) is 0 Å². The quantitative estimate of drug-likeness (QED) is 0.471. The summed E-state index contributed by atoms with van der Waals surface area (Å²) in [5.41, 5.74) is 4.90. The molecular formula is C7H15N3O2. The lowest BCUT2D eigenvalue weighted by Crippen LogP contribution is -2.63. The molecule has 1 aliphatic rings. The first-order valence-corrected chi connectivity index (χ1v) is 3.92. The lowest BCUT2D eigenvalue weighted by molar-refractivity contribution is -0.167. The fourth-order valence-electron chi connectivity index (χ4n) is 1.30. The molecule has 0 bridgehead atoms. The second-order valence-corrected chi connectivity index (χ2v) is 3.78. The molecule has 0 aliphatic carbocycles. The number of nitrogens with zero attached hydrogens (tertiary/aromatic N) is 1. The number of nitrogens with one attached hydrogen (secondary N) is 1. The Balaban J connectivity index is 2.60. The molecule has 1 aliphatic heterocycles. The zero-order valence-corrected chi connectivity index (χ0v) is 7.37. The zero-order valence-electron chi connectivity index (χ0n) is 7.37. The minimum Gasteiger partial charge on any atom is -0.368 e. The summed E-state index contributed by atoms with van der Waals surface area (Å²) >= 11 is 0. The van der Waals surface area contributed by atoms with E-state index in [9.17, 15) is 10.0 Å². The maximum absolute atomic E-state index is 10.8. The Hall–Kier alpha value is -0.650. The van der Waals surface area contributed by atoms with E-state index in [0.29, 0.717) is 13.1 Å².